The van der Waals surface area contributed by atoms with Gasteiger partial charge in [0, 0.05) is 33.2 Å². The highest BCUT2D eigenvalue weighted by atomic mass is 16.2. The molecule has 2 aliphatic rings. The number of nitrogens with zero attached hydrogens (tertiary/aromatic N) is 5. The molecule has 2 fully saturated rings. The van der Waals surface area contributed by atoms with Gasteiger partial charge in [-0.05, 0) is 32.6 Å². The third-order valence-electron chi connectivity index (χ3n) is 5.06. The van der Waals surface area contributed by atoms with Crippen LogP contribution < -0.4 is 10.6 Å². The molecule has 0 spiro atoms. The van der Waals surface area contributed by atoms with Crippen molar-refractivity contribution in [2.24, 2.45) is 0 Å². The Balaban J connectivity index is 1.53. The SMILES string of the molecule is CCNC(=O)[C@@H]1C[C@H](n2cc(CN(C)C(=O)N3CCCCC3)nn2)CN1. The number of rotatable bonds is 5. The van der Waals surface area contributed by atoms with Crippen LogP contribution in [0.2, 0.25) is 0 Å². The monoisotopic (exact) mass is 363 g/mol. The summed E-state index contributed by atoms with van der Waals surface area (Å²) in [6.45, 7) is 5.35. The maximum absolute atomic E-state index is 12.5. The summed E-state index contributed by atoms with van der Waals surface area (Å²) in [4.78, 5) is 28.0. The molecule has 1 aromatic rings. The van der Waals surface area contributed by atoms with Crippen LogP contribution in [-0.4, -0.2) is 76.0 Å². The van der Waals surface area contributed by atoms with Crippen LogP contribution in [0.3, 0.4) is 0 Å². The van der Waals surface area contributed by atoms with E-state index in [0.29, 0.717) is 26.1 Å². The zero-order chi connectivity index (χ0) is 18.5. The molecule has 9 heteroatoms. The topological polar surface area (TPSA) is 95.4 Å². The van der Waals surface area contributed by atoms with Crippen molar-refractivity contribution in [1.82, 2.24) is 35.4 Å². The van der Waals surface area contributed by atoms with Gasteiger partial charge in [0.1, 0.15) is 5.69 Å². The van der Waals surface area contributed by atoms with E-state index in [2.05, 4.69) is 20.9 Å². The van der Waals surface area contributed by atoms with E-state index in [9.17, 15) is 9.59 Å². The Kier molecular flexibility index (Phi) is 6.08. The summed E-state index contributed by atoms with van der Waals surface area (Å²) in [5, 5.41) is 14.5. The fraction of sp³-hybridized carbons (Fsp3) is 0.765. The Morgan fingerprint density at radius 1 is 1.35 bits per heavy atom. The lowest BCUT2D eigenvalue weighted by Crippen LogP contribution is -2.43. The minimum Gasteiger partial charge on any atom is -0.355 e. The van der Waals surface area contributed by atoms with Gasteiger partial charge in [-0.25, -0.2) is 9.48 Å². The van der Waals surface area contributed by atoms with E-state index < -0.39 is 0 Å². The van der Waals surface area contributed by atoms with Gasteiger partial charge in [-0.15, -0.1) is 5.10 Å². The summed E-state index contributed by atoms with van der Waals surface area (Å²) in [7, 11) is 1.80. The lowest BCUT2D eigenvalue weighted by Gasteiger charge is -2.30. The van der Waals surface area contributed by atoms with Crippen LogP contribution >= 0.6 is 0 Å². The molecule has 0 aromatic carbocycles. The maximum Gasteiger partial charge on any atom is 0.320 e. The highest BCUT2D eigenvalue weighted by molar-refractivity contribution is 5.82. The largest absolute Gasteiger partial charge is 0.355 e. The van der Waals surface area contributed by atoms with E-state index in [1.807, 2.05) is 18.0 Å². The second-order valence-corrected chi connectivity index (χ2v) is 7.12. The van der Waals surface area contributed by atoms with Crippen molar-refractivity contribution in [3.8, 4) is 0 Å². The molecule has 9 nitrogen and oxygen atoms in total. The van der Waals surface area contributed by atoms with Gasteiger partial charge in [-0.1, -0.05) is 5.21 Å². The number of carbonyl (C=O) groups is 2. The molecule has 0 bridgehead atoms. The molecule has 2 aliphatic heterocycles. The summed E-state index contributed by atoms with van der Waals surface area (Å²) < 4.78 is 1.81. The Morgan fingerprint density at radius 2 is 2.12 bits per heavy atom. The van der Waals surface area contributed by atoms with Crippen LogP contribution in [0.1, 0.15) is 44.3 Å². The Hall–Kier alpha value is -2.16. The standard InChI is InChI=1S/C17H29N7O2/c1-3-18-16(25)15-9-14(10-19-15)24-12-13(20-21-24)11-22(2)17(26)23-7-5-4-6-8-23/h12,14-15,19H,3-11H2,1-2H3,(H,18,25)/t14-,15-/m0/s1. The predicted molar refractivity (Wildman–Crippen MR) is 96.4 cm³/mol. The molecule has 1 aromatic heterocycles. The Labute approximate surface area is 154 Å². The lowest BCUT2D eigenvalue weighted by atomic mass is 10.1. The van der Waals surface area contributed by atoms with Gasteiger partial charge in [-0.3, -0.25) is 4.79 Å². The normalized spacial score (nSPS) is 23.1. The fourth-order valence-electron chi connectivity index (χ4n) is 3.62. The predicted octanol–water partition coefficient (Wildman–Crippen LogP) is 0.355. The molecule has 0 aliphatic carbocycles. The molecule has 2 atom stereocenters. The number of urea groups is 1. The third kappa shape index (κ3) is 4.32. The van der Waals surface area contributed by atoms with Gasteiger partial charge in [0.2, 0.25) is 5.91 Å². The summed E-state index contributed by atoms with van der Waals surface area (Å²) >= 11 is 0. The van der Waals surface area contributed by atoms with Crippen molar-refractivity contribution in [1.29, 1.82) is 0 Å². The molecule has 144 valence electrons. The number of likely N-dealkylation sites (tertiary alicyclic amines) is 1. The number of carbonyl (C=O) groups excluding carboxylic acids is 2. The molecule has 0 saturated carbocycles. The van der Waals surface area contributed by atoms with Gasteiger partial charge in [0.25, 0.3) is 0 Å². The average molecular weight is 363 g/mol. The molecule has 0 radical (unpaired) electrons. The zero-order valence-electron chi connectivity index (χ0n) is 15.6. The molecular weight excluding hydrogens is 334 g/mol. The summed E-state index contributed by atoms with van der Waals surface area (Å²) in [5.41, 5.74) is 0.763. The molecule has 3 heterocycles. The smallest absolute Gasteiger partial charge is 0.320 e. The number of aromatic nitrogens is 3. The second kappa shape index (κ2) is 8.48. The van der Waals surface area contributed by atoms with E-state index in [4.69, 9.17) is 0 Å². The lowest BCUT2D eigenvalue weighted by molar-refractivity contribution is -0.122. The zero-order valence-corrected chi connectivity index (χ0v) is 15.6. The van der Waals surface area contributed by atoms with E-state index in [1.54, 1.807) is 16.6 Å². The maximum atomic E-state index is 12.5. The molecule has 26 heavy (non-hydrogen) atoms. The quantitative estimate of drug-likeness (QED) is 0.787. The molecular formula is C17H29N7O2. The van der Waals surface area contributed by atoms with Gasteiger partial charge in [0.05, 0.1) is 24.8 Å². The summed E-state index contributed by atoms with van der Waals surface area (Å²) in [6.07, 6.45) is 5.94. The Bertz CT molecular complexity index is 626. The highest BCUT2D eigenvalue weighted by Crippen LogP contribution is 2.19. The second-order valence-electron chi connectivity index (χ2n) is 7.12. The molecule has 3 amide bonds. The van der Waals surface area contributed by atoms with Gasteiger partial charge < -0.3 is 20.4 Å². The molecule has 3 rings (SSSR count). The van der Waals surface area contributed by atoms with Crippen molar-refractivity contribution in [3.05, 3.63) is 11.9 Å². The first-order valence-electron chi connectivity index (χ1n) is 9.50. The molecule has 2 N–H and O–H groups in total. The van der Waals surface area contributed by atoms with Crippen molar-refractivity contribution < 1.29 is 9.59 Å². The first-order valence-corrected chi connectivity index (χ1v) is 9.50. The van der Waals surface area contributed by atoms with E-state index in [0.717, 1.165) is 31.6 Å². The number of piperidine rings is 1. The molecule has 2 saturated heterocycles. The van der Waals surface area contributed by atoms with Crippen molar-refractivity contribution >= 4 is 11.9 Å². The highest BCUT2D eigenvalue weighted by Gasteiger charge is 2.31. The Morgan fingerprint density at radius 3 is 2.85 bits per heavy atom. The minimum absolute atomic E-state index is 0.0298. The number of hydrogen-bond acceptors (Lipinski definition) is 5. The summed E-state index contributed by atoms with van der Waals surface area (Å²) in [6, 6.07) is -0.0269. The number of amides is 3. The molecule has 0 unspecified atom stereocenters. The van der Waals surface area contributed by atoms with Crippen molar-refractivity contribution in [2.45, 2.75) is 51.2 Å². The minimum atomic E-state index is -0.184. The van der Waals surface area contributed by atoms with Gasteiger partial charge >= 0.3 is 6.03 Å². The first-order chi connectivity index (χ1) is 12.6. The summed E-state index contributed by atoms with van der Waals surface area (Å²) in [5.74, 6) is 0.0298. The fourth-order valence-corrected chi connectivity index (χ4v) is 3.62. The number of hydrogen-bond donors (Lipinski definition) is 2. The van der Waals surface area contributed by atoms with Gasteiger partial charge in [0.15, 0.2) is 0 Å². The number of nitrogens with one attached hydrogen (secondary N) is 2. The van der Waals surface area contributed by atoms with Crippen molar-refractivity contribution in [3.63, 3.8) is 0 Å². The van der Waals surface area contributed by atoms with E-state index in [-0.39, 0.29) is 24.0 Å². The van der Waals surface area contributed by atoms with E-state index >= 15 is 0 Å². The van der Waals surface area contributed by atoms with Gasteiger partial charge in [-0.2, -0.15) is 0 Å². The van der Waals surface area contributed by atoms with Crippen LogP contribution in [0, 0.1) is 0 Å². The van der Waals surface area contributed by atoms with Crippen LogP contribution in [0.25, 0.3) is 0 Å². The van der Waals surface area contributed by atoms with Crippen LogP contribution in [0.15, 0.2) is 6.20 Å². The first kappa shape index (κ1) is 18.6. The van der Waals surface area contributed by atoms with E-state index in [1.165, 1.54) is 6.42 Å². The third-order valence-corrected chi connectivity index (χ3v) is 5.06. The van der Waals surface area contributed by atoms with Crippen LogP contribution in [-0.2, 0) is 11.3 Å². The van der Waals surface area contributed by atoms with Crippen molar-refractivity contribution in [2.75, 3.05) is 33.2 Å². The average Bonchev–Trinajstić information content (AvgIpc) is 3.31. The van der Waals surface area contributed by atoms with Crippen LogP contribution in [0.4, 0.5) is 4.79 Å². The number of likely N-dealkylation sites (N-methyl/N-ethyl adjacent to an activating group) is 1. The van der Waals surface area contributed by atoms with Crippen LogP contribution in [0.5, 0.6) is 0 Å².